The molecule has 0 aromatic heterocycles. The molecule has 0 saturated carbocycles. The molecule has 10 nitrogen and oxygen atoms in total. The van der Waals surface area contributed by atoms with Gasteiger partial charge in [-0.2, -0.15) is 5.26 Å². The van der Waals surface area contributed by atoms with Crippen molar-refractivity contribution in [3.63, 3.8) is 0 Å². The molecule has 1 amide bonds. The number of hydrogen-bond donors (Lipinski definition) is 1. The highest BCUT2D eigenvalue weighted by Gasteiger charge is 2.22. The van der Waals surface area contributed by atoms with E-state index in [0.717, 1.165) is 18.2 Å². The van der Waals surface area contributed by atoms with Gasteiger partial charge >= 0.3 is 5.69 Å². The minimum absolute atomic E-state index is 0.0248. The van der Waals surface area contributed by atoms with Crippen LogP contribution in [-0.2, 0) is 4.79 Å². The fraction of sp³-hybridized carbons (Fsp3) is 0. The molecule has 0 aliphatic heterocycles. The topological polar surface area (TPSA) is 148 Å². The Morgan fingerprint density at radius 3 is 2.24 bits per heavy atom. The molecule has 0 aliphatic rings. The number of nitrogens with zero attached hydrogens (tertiary/aromatic N) is 3. The van der Waals surface area contributed by atoms with Gasteiger partial charge in [0.1, 0.15) is 17.4 Å². The van der Waals surface area contributed by atoms with E-state index in [4.69, 9.17) is 27.9 Å². The van der Waals surface area contributed by atoms with E-state index in [1.54, 1.807) is 24.3 Å². The number of carbonyl (C=O) groups is 1. The summed E-state index contributed by atoms with van der Waals surface area (Å²) in [4.78, 5) is 33.0. The highest BCUT2D eigenvalue weighted by Crippen LogP contribution is 2.37. The van der Waals surface area contributed by atoms with Gasteiger partial charge in [-0.3, -0.25) is 25.0 Å². The molecular weight excluding hydrogens is 487 g/mol. The zero-order valence-corrected chi connectivity index (χ0v) is 18.4. The van der Waals surface area contributed by atoms with Crippen molar-refractivity contribution in [2.24, 2.45) is 0 Å². The van der Waals surface area contributed by atoms with Gasteiger partial charge in [-0.25, -0.2) is 0 Å². The van der Waals surface area contributed by atoms with Crippen molar-refractivity contribution < 1.29 is 19.4 Å². The Labute approximate surface area is 201 Å². The predicted molar refractivity (Wildman–Crippen MR) is 125 cm³/mol. The number of halogens is 2. The fourth-order valence-corrected chi connectivity index (χ4v) is 3.06. The Balaban J connectivity index is 1.83. The molecule has 0 aliphatic carbocycles. The van der Waals surface area contributed by atoms with Gasteiger partial charge in [0.25, 0.3) is 11.6 Å². The predicted octanol–water partition coefficient (Wildman–Crippen LogP) is 6.15. The van der Waals surface area contributed by atoms with Crippen LogP contribution in [0.15, 0.2) is 66.2 Å². The van der Waals surface area contributed by atoms with Crippen LogP contribution in [0.5, 0.6) is 11.5 Å². The average molecular weight is 499 g/mol. The first kappa shape index (κ1) is 24.2. The molecule has 0 unspecified atom stereocenters. The molecule has 0 saturated heterocycles. The summed E-state index contributed by atoms with van der Waals surface area (Å²) in [7, 11) is 0. The Hall–Kier alpha value is -4.46. The van der Waals surface area contributed by atoms with E-state index in [9.17, 15) is 30.3 Å². The summed E-state index contributed by atoms with van der Waals surface area (Å²) in [6.45, 7) is 0. The van der Waals surface area contributed by atoms with Gasteiger partial charge < -0.3 is 10.1 Å². The number of hydrogen-bond acceptors (Lipinski definition) is 7. The van der Waals surface area contributed by atoms with Gasteiger partial charge in [0, 0.05) is 16.8 Å². The highest BCUT2D eigenvalue weighted by atomic mass is 35.5. The van der Waals surface area contributed by atoms with Gasteiger partial charge in [-0.15, -0.1) is 0 Å². The Morgan fingerprint density at radius 2 is 1.65 bits per heavy atom. The number of anilines is 1. The number of benzene rings is 3. The number of nitro groups is 2. The number of rotatable bonds is 7. The Morgan fingerprint density at radius 1 is 0.971 bits per heavy atom. The van der Waals surface area contributed by atoms with Gasteiger partial charge in [0.2, 0.25) is 5.75 Å². The van der Waals surface area contributed by atoms with Gasteiger partial charge in [0.05, 0.1) is 20.9 Å². The maximum atomic E-state index is 12.4. The molecular formula is C22H12Cl2N4O6. The van der Waals surface area contributed by atoms with Crippen LogP contribution in [0.2, 0.25) is 10.0 Å². The summed E-state index contributed by atoms with van der Waals surface area (Å²) in [5.41, 5.74) is -0.447. The van der Waals surface area contributed by atoms with E-state index in [0.29, 0.717) is 16.3 Å². The van der Waals surface area contributed by atoms with Crippen LogP contribution in [0, 0.1) is 31.6 Å². The normalized spacial score (nSPS) is 10.8. The lowest BCUT2D eigenvalue weighted by molar-refractivity contribution is -0.394. The molecule has 0 fully saturated rings. The molecule has 3 aromatic rings. The van der Waals surface area contributed by atoms with E-state index in [1.165, 1.54) is 24.3 Å². The molecule has 3 aromatic carbocycles. The number of nitrogens with one attached hydrogen (secondary N) is 1. The van der Waals surface area contributed by atoms with E-state index in [2.05, 4.69) is 5.32 Å². The molecule has 1 N–H and O–H groups in total. The van der Waals surface area contributed by atoms with Crippen LogP contribution in [-0.4, -0.2) is 15.8 Å². The fourth-order valence-electron chi connectivity index (χ4n) is 2.70. The Bertz CT molecular complexity index is 1370. The van der Waals surface area contributed by atoms with Crippen molar-refractivity contribution in [2.75, 3.05) is 5.32 Å². The third-order valence-electron chi connectivity index (χ3n) is 4.30. The van der Waals surface area contributed by atoms with E-state index >= 15 is 0 Å². The third kappa shape index (κ3) is 5.86. The molecule has 0 radical (unpaired) electrons. The summed E-state index contributed by atoms with van der Waals surface area (Å²) in [6.07, 6.45) is 1.30. The van der Waals surface area contributed by atoms with Gasteiger partial charge in [-0.1, -0.05) is 29.3 Å². The molecule has 0 bridgehead atoms. The zero-order valence-electron chi connectivity index (χ0n) is 16.9. The van der Waals surface area contributed by atoms with E-state index in [-0.39, 0.29) is 22.1 Å². The zero-order chi connectivity index (χ0) is 24.8. The van der Waals surface area contributed by atoms with Crippen LogP contribution >= 0.6 is 23.2 Å². The van der Waals surface area contributed by atoms with Crippen LogP contribution in [0.25, 0.3) is 6.08 Å². The lowest BCUT2D eigenvalue weighted by Crippen LogP contribution is -2.13. The van der Waals surface area contributed by atoms with Crippen molar-refractivity contribution in [3.8, 4) is 17.6 Å². The van der Waals surface area contributed by atoms with E-state index in [1.807, 2.05) is 6.07 Å². The second-order valence-electron chi connectivity index (χ2n) is 6.59. The molecule has 12 heteroatoms. The summed E-state index contributed by atoms with van der Waals surface area (Å²) in [5, 5.41) is 34.6. The maximum Gasteiger partial charge on any atom is 0.318 e. The number of carbonyl (C=O) groups excluding carboxylic acids is 1. The first-order valence-corrected chi connectivity index (χ1v) is 10.0. The highest BCUT2D eigenvalue weighted by molar-refractivity contribution is 6.32. The minimum atomic E-state index is -0.814. The van der Waals surface area contributed by atoms with Gasteiger partial charge in [0.15, 0.2) is 0 Å². The molecule has 170 valence electrons. The molecule has 3 rings (SSSR count). The quantitative estimate of drug-likeness (QED) is 0.177. The summed E-state index contributed by atoms with van der Waals surface area (Å²) in [6, 6.07) is 15.3. The molecule has 0 heterocycles. The number of ether oxygens (including phenoxy) is 1. The van der Waals surface area contributed by atoms with E-state index < -0.39 is 27.1 Å². The lowest BCUT2D eigenvalue weighted by Gasteiger charge is -2.09. The molecule has 34 heavy (non-hydrogen) atoms. The Kier molecular flexibility index (Phi) is 7.43. The second kappa shape index (κ2) is 10.4. The number of non-ortho nitro benzene ring substituents is 1. The lowest BCUT2D eigenvalue weighted by atomic mass is 10.1. The van der Waals surface area contributed by atoms with Crippen molar-refractivity contribution in [2.45, 2.75) is 0 Å². The monoisotopic (exact) mass is 498 g/mol. The number of nitriles is 1. The van der Waals surface area contributed by atoms with Gasteiger partial charge in [-0.05, 0) is 54.1 Å². The standard InChI is InChI=1S/C22H12Cl2N4O6/c23-15-2-4-16(5-3-15)26-22(29)14(12-25)9-13-1-7-20(18(24)10-13)34-21-8-6-17(27(30)31)11-19(21)28(32)33/h1-11H,(H,26,29)/b14-9+. The number of nitro benzene ring substituents is 2. The first-order chi connectivity index (χ1) is 16.2. The maximum absolute atomic E-state index is 12.4. The first-order valence-electron chi connectivity index (χ1n) is 9.27. The second-order valence-corrected chi connectivity index (χ2v) is 7.43. The summed E-state index contributed by atoms with van der Waals surface area (Å²) < 4.78 is 5.49. The van der Waals surface area contributed by atoms with Crippen molar-refractivity contribution >= 4 is 52.2 Å². The van der Waals surface area contributed by atoms with Crippen molar-refractivity contribution in [3.05, 3.63) is 102 Å². The minimum Gasteiger partial charge on any atom is -0.449 e. The van der Waals surface area contributed by atoms with Crippen LogP contribution in [0.1, 0.15) is 5.56 Å². The van der Waals surface area contributed by atoms with Crippen LogP contribution in [0.3, 0.4) is 0 Å². The smallest absolute Gasteiger partial charge is 0.318 e. The molecule has 0 spiro atoms. The summed E-state index contributed by atoms with van der Waals surface area (Å²) in [5.74, 6) is -0.872. The van der Waals surface area contributed by atoms with Crippen molar-refractivity contribution in [1.82, 2.24) is 0 Å². The van der Waals surface area contributed by atoms with Crippen molar-refractivity contribution in [1.29, 1.82) is 5.26 Å². The third-order valence-corrected chi connectivity index (χ3v) is 4.85. The SMILES string of the molecule is N#C/C(=C\c1ccc(Oc2ccc([N+](=O)[O-])cc2[N+](=O)[O-])c(Cl)c1)C(=O)Nc1ccc(Cl)cc1. The summed E-state index contributed by atoms with van der Waals surface area (Å²) >= 11 is 12.0. The van der Waals surface area contributed by atoms with Crippen LogP contribution in [0.4, 0.5) is 17.1 Å². The average Bonchev–Trinajstić information content (AvgIpc) is 2.80. The van der Waals surface area contributed by atoms with Crippen LogP contribution < -0.4 is 10.1 Å². The number of amides is 1. The molecule has 0 atom stereocenters. The largest absolute Gasteiger partial charge is 0.449 e.